The molecule has 1 unspecified atom stereocenters. The van der Waals surface area contributed by atoms with Gasteiger partial charge >= 0.3 is 6.18 Å². The van der Waals surface area contributed by atoms with Gasteiger partial charge in [-0.25, -0.2) is 4.98 Å². The molecule has 0 spiro atoms. The van der Waals surface area contributed by atoms with Gasteiger partial charge in [-0.2, -0.15) is 13.2 Å². The molecular weight excluding hydrogens is 376 g/mol. The van der Waals surface area contributed by atoms with Crippen LogP contribution in [0.4, 0.5) is 18.9 Å². The van der Waals surface area contributed by atoms with Crippen molar-refractivity contribution in [3.8, 4) is 11.6 Å². The summed E-state index contributed by atoms with van der Waals surface area (Å²) in [7, 11) is -2.30. The summed E-state index contributed by atoms with van der Waals surface area (Å²) in [4.78, 5) is 14.0. The second kappa shape index (κ2) is 7.43. The van der Waals surface area contributed by atoms with Gasteiger partial charge in [0, 0.05) is 37.7 Å². The molecule has 2 rings (SSSR count). The Bertz CT molecular complexity index is 847. The lowest BCUT2D eigenvalue weighted by atomic mass is 10.3. The molecule has 1 atom stereocenters. The molecule has 0 bridgehead atoms. The highest BCUT2D eigenvalue weighted by molar-refractivity contribution is 7.67. The molecule has 0 N–H and O–H groups in total. The van der Waals surface area contributed by atoms with Crippen LogP contribution < -0.4 is 10.0 Å². The number of nitro groups is 1. The summed E-state index contributed by atoms with van der Waals surface area (Å²) >= 11 is 0. The first-order valence-corrected chi connectivity index (χ1v) is 9.06. The predicted octanol–water partition coefficient (Wildman–Crippen LogP) is 4.37. The van der Waals surface area contributed by atoms with Crippen LogP contribution in [-0.4, -0.2) is 23.2 Å². The van der Waals surface area contributed by atoms with E-state index in [0.717, 1.165) is 18.2 Å². The van der Waals surface area contributed by atoms with Crippen molar-refractivity contribution in [2.45, 2.75) is 13.1 Å². The van der Waals surface area contributed by atoms with Gasteiger partial charge in [0.05, 0.1) is 10.5 Å². The van der Waals surface area contributed by atoms with E-state index in [4.69, 9.17) is 9.26 Å². The molecule has 0 radical (unpaired) electrons. The van der Waals surface area contributed by atoms with Crippen molar-refractivity contribution in [3.05, 3.63) is 52.2 Å². The average molecular weight is 390 g/mol. The number of benzene rings is 1. The van der Waals surface area contributed by atoms with Gasteiger partial charge in [-0.1, -0.05) is 6.92 Å². The minimum atomic E-state index is -4.53. The molecule has 140 valence electrons. The molecule has 0 fully saturated rings. The van der Waals surface area contributed by atoms with Crippen LogP contribution in [0.5, 0.6) is 11.6 Å². The first-order valence-electron chi connectivity index (χ1n) is 7.25. The zero-order chi connectivity index (χ0) is 19.5. The maximum Gasteiger partial charge on any atom is 0.417 e. The number of alkyl halides is 3. The second-order valence-corrected chi connectivity index (χ2v) is 7.89. The normalized spacial score (nSPS) is 13.9. The van der Waals surface area contributed by atoms with Gasteiger partial charge in [0.25, 0.3) is 5.69 Å². The third-order valence-corrected chi connectivity index (χ3v) is 6.02. The van der Waals surface area contributed by atoms with Gasteiger partial charge in [-0.15, -0.1) is 0 Å². The van der Waals surface area contributed by atoms with Crippen LogP contribution in [0.15, 0.2) is 36.5 Å². The number of rotatable bonds is 6. The Kier molecular flexibility index (Phi) is 5.68. The summed E-state index contributed by atoms with van der Waals surface area (Å²) in [5.41, 5.74) is -1.34. The molecule has 1 heterocycles. The Morgan fingerprint density at radius 3 is 2.42 bits per heavy atom. The third-order valence-electron chi connectivity index (χ3n) is 3.51. The van der Waals surface area contributed by atoms with E-state index in [1.165, 1.54) is 19.2 Å². The summed E-state index contributed by atoms with van der Waals surface area (Å²) in [6, 6.07) is 5.30. The van der Waals surface area contributed by atoms with Crippen molar-refractivity contribution < 1.29 is 31.9 Å². The lowest BCUT2D eigenvalue weighted by molar-refractivity contribution is -0.383. The molecule has 1 aromatic carbocycles. The predicted molar refractivity (Wildman–Crippen MR) is 87.2 cm³/mol. The number of halogens is 3. The Morgan fingerprint density at radius 1 is 1.27 bits per heavy atom. The molecule has 0 saturated heterocycles. The molecule has 0 saturated carbocycles. The molecule has 0 amide bonds. The van der Waals surface area contributed by atoms with Crippen LogP contribution in [0, 0.1) is 10.1 Å². The number of nitrogens with zero attached hydrogens (tertiary/aromatic N) is 2. The summed E-state index contributed by atoms with van der Waals surface area (Å²) in [5, 5.41) is 11.0. The van der Waals surface area contributed by atoms with Crippen LogP contribution in [-0.2, 0) is 15.3 Å². The number of nitro benzene ring substituents is 1. The van der Waals surface area contributed by atoms with E-state index >= 15 is 0 Å². The molecule has 26 heavy (non-hydrogen) atoms. The van der Waals surface area contributed by atoms with Gasteiger partial charge in [0.1, 0.15) is 11.1 Å². The summed E-state index contributed by atoms with van der Waals surface area (Å²) in [6.07, 6.45) is -3.90. The lowest BCUT2D eigenvalue weighted by Crippen LogP contribution is -2.13. The van der Waals surface area contributed by atoms with Crippen LogP contribution in [0.2, 0.25) is 0 Å². The molecule has 7 nitrogen and oxygen atoms in total. The largest absolute Gasteiger partial charge is 0.439 e. The van der Waals surface area contributed by atoms with Crippen LogP contribution in [0.25, 0.3) is 0 Å². The number of aromatic nitrogens is 1. The van der Waals surface area contributed by atoms with Crippen LogP contribution >= 0.6 is 7.37 Å². The number of hydrogen-bond acceptors (Lipinski definition) is 6. The SMILES string of the molecule is CCP(=O)(OC)c1cc(Oc2ccc(C(F)(F)F)cn2)ccc1[N+](=O)[O-]. The van der Waals surface area contributed by atoms with Crippen molar-refractivity contribution in [3.63, 3.8) is 0 Å². The van der Waals surface area contributed by atoms with E-state index in [2.05, 4.69) is 4.98 Å². The van der Waals surface area contributed by atoms with E-state index in [1.54, 1.807) is 6.92 Å². The van der Waals surface area contributed by atoms with E-state index in [0.29, 0.717) is 6.20 Å². The Labute approximate surface area is 146 Å². The molecule has 2 aromatic rings. The monoisotopic (exact) mass is 390 g/mol. The van der Waals surface area contributed by atoms with Crippen molar-refractivity contribution in [2.24, 2.45) is 0 Å². The number of hydrogen-bond donors (Lipinski definition) is 0. The zero-order valence-corrected chi connectivity index (χ0v) is 14.6. The van der Waals surface area contributed by atoms with Crippen molar-refractivity contribution in [1.29, 1.82) is 0 Å². The zero-order valence-electron chi connectivity index (χ0n) is 13.7. The molecular formula is C15H14F3N2O5P. The molecule has 0 aliphatic rings. The first kappa shape index (κ1) is 19.9. The van der Waals surface area contributed by atoms with E-state index in [-0.39, 0.29) is 23.1 Å². The quantitative estimate of drug-likeness (QED) is 0.413. The lowest BCUT2D eigenvalue weighted by Gasteiger charge is -2.15. The van der Waals surface area contributed by atoms with E-state index < -0.39 is 29.7 Å². The average Bonchev–Trinajstić information content (AvgIpc) is 2.60. The van der Waals surface area contributed by atoms with Gasteiger partial charge in [0.15, 0.2) is 0 Å². The Hall–Kier alpha value is -2.45. The fourth-order valence-corrected chi connectivity index (χ4v) is 3.75. The maximum absolute atomic E-state index is 12.7. The number of ether oxygens (including phenoxy) is 1. The van der Waals surface area contributed by atoms with Gasteiger partial charge < -0.3 is 9.26 Å². The fourth-order valence-electron chi connectivity index (χ4n) is 2.12. The van der Waals surface area contributed by atoms with E-state index in [1.807, 2.05) is 0 Å². The molecule has 0 aliphatic carbocycles. The van der Waals surface area contributed by atoms with Crippen molar-refractivity contribution in [1.82, 2.24) is 4.98 Å². The maximum atomic E-state index is 12.7. The minimum absolute atomic E-state index is 0.0202. The van der Waals surface area contributed by atoms with Crippen LogP contribution in [0.1, 0.15) is 12.5 Å². The fraction of sp³-hybridized carbons (Fsp3) is 0.267. The Morgan fingerprint density at radius 2 is 1.96 bits per heavy atom. The summed E-state index contributed by atoms with van der Waals surface area (Å²) < 4.78 is 60.6. The highest BCUT2D eigenvalue weighted by Crippen LogP contribution is 2.47. The van der Waals surface area contributed by atoms with Gasteiger partial charge in [-0.3, -0.25) is 14.7 Å². The number of pyridine rings is 1. The second-order valence-electron chi connectivity index (χ2n) is 5.06. The topological polar surface area (TPSA) is 91.6 Å². The molecule has 0 aliphatic heterocycles. The summed E-state index contributed by atoms with van der Waals surface area (Å²) in [6.45, 7) is 1.55. The van der Waals surface area contributed by atoms with Gasteiger partial charge in [0.2, 0.25) is 13.2 Å². The van der Waals surface area contributed by atoms with Gasteiger partial charge in [-0.05, 0) is 12.1 Å². The first-order chi connectivity index (χ1) is 12.1. The minimum Gasteiger partial charge on any atom is -0.439 e. The van der Waals surface area contributed by atoms with E-state index in [9.17, 15) is 27.9 Å². The van der Waals surface area contributed by atoms with Crippen molar-refractivity contribution >= 4 is 18.4 Å². The molecule has 1 aromatic heterocycles. The standard InChI is InChI=1S/C15H14F3N2O5P/c1-3-26(23,24-2)13-8-11(5-6-12(13)20(21)22)25-14-7-4-10(9-19-14)15(16,17)18/h4-9H,3H2,1-2H3. The smallest absolute Gasteiger partial charge is 0.417 e. The third kappa shape index (κ3) is 4.20. The highest BCUT2D eigenvalue weighted by Gasteiger charge is 2.32. The summed E-state index contributed by atoms with van der Waals surface area (Å²) in [5.74, 6) is -0.120. The highest BCUT2D eigenvalue weighted by atomic mass is 31.2. The molecule has 11 heteroatoms. The Balaban J connectivity index is 2.39. The van der Waals surface area contributed by atoms with Crippen molar-refractivity contribution in [2.75, 3.05) is 13.3 Å². The van der Waals surface area contributed by atoms with Crippen LogP contribution in [0.3, 0.4) is 0 Å².